The topological polar surface area (TPSA) is 87.9 Å². The van der Waals surface area contributed by atoms with Crippen LogP contribution in [-0.4, -0.2) is 33.9 Å². The van der Waals surface area contributed by atoms with Gasteiger partial charge >= 0.3 is 0 Å². The summed E-state index contributed by atoms with van der Waals surface area (Å²) < 4.78 is 0. The predicted molar refractivity (Wildman–Crippen MR) is 72.8 cm³/mol. The lowest BCUT2D eigenvalue weighted by Gasteiger charge is -2.31. The molecule has 0 aliphatic carbocycles. The number of rotatable bonds is 2. The van der Waals surface area contributed by atoms with E-state index < -0.39 is 0 Å². The predicted octanol–water partition coefficient (Wildman–Crippen LogP) is 0.968. The first-order valence-electron chi connectivity index (χ1n) is 6.49. The normalized spacial score (nSPS) is 17.0. The van der Waals surface area contributed by atoms with Crippen molar-refractivity contribution in [1.29, 1.82) is 0 Å². The summed E-state index contributed by atoms with van der Waals surface area (Å²) in [5.41, 5.74) is 7.29. The van der Waals surface area contributed by atoms with Gasteiger partial charge in [0.05, 0.1) is 5.39 Å². The van der Waals surface area contributed by atoms with Gasteiger partial charge in [-0.15, -0.1) is 0 Å². The highest BCUT2D eigenvalue weighted by Crippen LogP contribution is 2.27. The molecule has 1 saturated heterocycles. The summed E-state index contributed by atoms with van der Waals surface area (Å²) in [5.74, 6) is 0.754. The third kappa shape index (κ3) is 2.14. The van der Waals surface area contributed by atoms with Crippen molar-refractivity contribution in [3.63, 3.8) is 0 Å². The molecule has 0 spiro atoms. The molecule has 0 aromatic carbocycles. The Labute approximate surface area is 111 Å². The zero-order valence-electron chi connectivity index (χ0n) is 10.9. The number of aryl methyl sites for hydroxylation is 1. The number of aromatic nitrogens is 3. The van der Waals surface area contributed by atoms with Crippen molar-refractivity contribution >= 4 is 22.8 Å². The van der Waals surface area contributed by atoms with Crippen LogP contribution in [0.5, 0.6) is 0 Å². The van der Waals surface area contributed by atoms with Gasteiger partial charge in [-0.2, -0.15) is 0 Å². The van der Waals surface area contributed by atoms with E-state index in [-0.39, 0.29) is 11.8 Å². The summed E-state index contributed by atoms with van der Waals surface area (Å²) in [6, 6.07) is 2.06. The van der Waals surface area contributed by atoms with Crippen molar-refractivity contribution in [2.24, 2.45) is 11.7 Å². The van der Waals surface area contributed by atoms with Gasteiger partial charge in [-0.05, 0) is 25.8 Å². The standard InChI is InChI=1S/C13H17N5O/c1-8-6-10-12(17-8)15-7-16-13(10)18-4-2-9(3-5-18)11(14)19/h6-7,9H,2-5H2,1H3,(H2,14,19)(H,15,16,17). The van der Waals surface area contributed by atoms with Crippen molar-refractivity contribution in [3.8, 4) is 0 Å². The molecule has 3 rings (SSSR count). The van der Waals surface area contributed by atoms with Crippen LogP contribution >= 0.6 is 0 Å². The number of nitrogens with two attached hydrogens (primary N) is 1. The molecule has 6 nitrogen and oxygen atoms in total. The first kappa shape index (κ1) is 12.0. The molecule has 1 amide bonds. The van der Waals surface area contributed by atoms with Crippen LogP contribution < -0.4 is 10.6 Å². The van der Waals surface area contributed by atoms with E-state index in [1.165, 1.54) is 0 Å². The SMILES string of the molecule is Cc1cc2c(N3CCC(C(N)=O)CC3)ncnc2[nH]1. The smallest absolute Gasteiger partial charge is 0.220 e. The molecule has 100 valence electrons. The van der Waals surface area contributed by atoms with Crippen LogP contribution in [0.15, 0.2) is 12.4 Å². The van der Waals surface area contributed by atoms with E-state index in [0.717, 1.165) is 48.5 Å². The van der Waals surface area contributed by atoms with Crippen molar-refractivity contribution in [2.75, 3.05) is 18.0 Å². The molecular formula is C13H17N5O. The number of hydrogen-bond acceptors (Lipinski definition) is 4. The van der Waals surface area contributed by atoms with Crippen molar-refractivity contribution in [2.45, 2.75) is 19.8 Å². The minimum absolute atomic E-state index is 0.00142. The first-order chi connectivity index (χ1) is 9.15. The fraction of sp³-hybridized carbons (Fsp3) is 0.462. The zero-order valence-corrected chi connectivity index (χ0v) is 10.9. The van der Waals surface area contributed by atoms with Crippen LogP contribution in [0, 0.1) is 12.8 Å². The van der Waals surface area contributed by atoms with Crippen LogP contribution in [0.2, 0.25) is 0 Å². The molecular weight excluding hydrogens is 242 g/mol. The number of piperidine rings is 1. The summed E-state index contributed by atoms with van der Waals surface area (Å²) in [5, 5.41) is 1.04. The second-order valence-corrected chi connectivity index (χ2v) is 5.08. The van der Waals surface area contributed by atoms with Crippen LogP contribution in [0.1, 0.15) is 18.5 Å². The number of H-pyrrole nitrogens is 1. The molecule has 2 aromatic rings. The molecule has 0 unspecified atom stereocenters. The van der Waals surface area contributed by atoms with Crippen LogP contribution in [0.25, 0.3) is 11.0 Å². The number of aromatic amines is 1. The fourth-order valence-corrected chi connectivity index (χ4v) is 2.69. The van der Waals surface area contributed by atoms with E-state index in [0.29, 0.717) is 0 Å². The van der Waals surface area contributed by atoms with Crippen molar-refractivity contribution in [3.05, 3.63) is 18.1 Å². The van der Waals surface area contributed by atoms with Gasteiger partial charge in [0.1, 0.15) is 17.8 Å². The Kier molecular flexibility index (Phi) is 2.85. The molecule has 1 aliphatic rings. The number of primary amides is 1. The molecule has 0 atom stereocenters. The Morgan fingerprint density at radius 1 is 1.42 bits per heavy atom. The average Bonchev–Trinajstić information content (AvgIpc) is 2.78. The average molecular weight is 259 g/mol. The maximum absolute atomic E-state index is 11.2. The lowest BCUT2D eigenvalue weighted by atomic mass is 9.96. The molecule has 6 heteroatoms. The van der Waals surface area contributed by atoms with Gasteiger partial charge in [0, 0.05) is 24.7 Å². The van der Waals surface area contributed by atoms with Gasteiger partial charge in [0.15, 0.2) is 0 Å². The van der Waals surface area contributed by atoms with Crippen LogP contribution in [0.3, 0.4) is 0 Å². The quantitative estimate of drug-likeness (QED) is 0.841. The number of carbonyl (C=O) groups is 1. The zero-order chi connectivity index (χ0) is 13.4. The lowest BCUT2D eigenvalue weighted by molar-refractivity contribution is -0.122. The van der Waals surface area contributed by atoms with Crippen LogP contribution in [0.4, 0.5) is 5.82 Å². The van der Waals surface area contributed by atoms with Gasteiger partial charge in [0.2, 0.25) is 5.91 Å². The summed E-state index contributed by atoms with van der Waals surface area (Å²) in [4.78, 5) is 25.2. The number of amides is 1. The number of nitrogens with one attached hydrogen (secondary N) is 1. The van der Waals surface area contributed by atoms with Gasteiger partial charge in [0.25, 0.3) is 0 Å². The number of hydrogen-bond donors (Lipinski definition) is 2. The minimum atomic E-state index is -0.190. The van der Waals surface area contributed by atoms with Crippen molar-refractivity contribution in [1.82, 2.24) is 15.0 Å². The lowest BCUT2D eigenvalue weighted by Crippen LogP contribution is -2.39. The molecule has 3 heterocycles. The molecule has 3 N–H and O–H groups in total. The molecule has 0 bridgehead atoms. The monoisotopic (exact) mass is 259 g/mol. The largest absolute Gasteiger partial charge is 0.369 e. The van der Waals surface area contributed by atoms with Crippen LogP contribution in [-0.2, 0) is 4.79 Å². The molecule has 0 saturated carbocycles. The number of carbonyl (C=O) groups excluding carboxylic acids is 1. The number of fused-ring (bicyclic) bond motifs is 1. The van der Waals surface area contributed by atoms with Gasteiger partial charge in [-0.1, -0.05) is 0 Å². The van der Waals surface area contributed by atoms with Gasteiger partial charge in [-0.3, -0.25) is 4.79 Å². The Hall–Kier alpha value is -2.11. The van der Waals surface area contributed by atoms with E-state index in [9.17, 15) is 4.79 Å². The Morgan fingerprint density at radius 3 is 2.84 bits per heavy atom. The van der Waals surface area contributed by atoms with Gasteiger partial charge in [-0.25, -0.2) is 9.97 Å². The highest BCUT2D eigenvalue weighted by molar-refractivity contribution is 5.88. The van der Waals surface area contributed by atoms with Crippen molar-refractivity contribution < 1.29 is 4.79 Å². The molecule has 2 aromatic heterocycles. The summed E-state index contributed by atoms with van der Waals surface area (Å²) in [6.07, 6.45) is 3.17. The van der Waals surface area contributed by atoms with Gasteiger partial charge < -0.3 is 15.6 Å². The summed E-state index contributed by atoms with van der Waals surface area (Å²) >= 11 is 0. The molecule has 19 heavy (non-hydrogen) atoms. The molecule has 1 aliphatic heterocycles. The Morgan fingerprint density at radius 2 is 2.16 bits per heavy atom. The Balaban J connectivity index is 1.87. The molecule has 1 fully saturated rings. The number of anilines is 1. The first-order valence-corrected chi connectivity index (χ1v) is 6.49. The van der Waals surface area contributed by atoms with E-state index in [1.54, 1.807) is 6.33 Å². The highest BCUT2D eigenvalue weighted by Gasteiger charge is 2.25. The maximum Gasteiger partial charge on any atom is 0.220 e. The highest BCUT2D eigenvalue weighted by atomic mass is 16.1. The Bertz CT molecular complexity index is 613. The maximum atomic E-state index is 11.2. The third-order valence-corrected chi connectivity index (χ3v) is 3.74. The van der Waals surface area contributed by atoms with E-state index in [1.807, 2.05) is 6.92 Å². The molecule has 0 radical (unpaired) electrons. The minimum Gasteiger partial charge on any atom is -0.369 e. The second kappa shape index (κ2) is 4.53. The second-order valence-electron chi connectivity index (χ2n) is 5.08. The third-order valence-electron chi connectivity index (χ3n) is 3.74. The summed E-state index contributed by atoms with van der Waals surface area (Å²) in [7, 11) is 0. The van der Waals surface area contributed by atoms with E-state index in [4.69, 9.17) is 5.73 Å². The summed E-state index contributed by atoms with van der Waals surface area (Å²) in [6.45, 7) is 3.62. The fourth-order valence-electron chi connectivity index (χ4n) is 2.69. The van der Waals surface area contributed by atoms with E-state index >= 15 is 0 Å². The van der Waals surface area contributed by atoms with E-state index in [2.05, 4.69) is 25.9 Å². The number of nitrogens with zero attached hydrogens (tertiary/aromatic N) is 3.